The highest BCUT2D eigenvalue weighted by Crippen LogP contribution is 2.28. The number of carbonyl (C=O) groups excluding carboxylic acids is 1. The third-order valence-electron chi connectivity index (χ3n) is 3.78. The van der Waals surface area contributed by atoms with Crippen molar-refractivity contribution in [2.45, 2.75) is 45.1 Å². The number of carbonyl (C=O) groups is 1. The molecule has 104 valence electrons. The molecule has 0 bridgehead atoms. The van der Waals surface area contributed by atoms with E-state index in [1.165, 1.54) is 32.6 Å². The van der Waals surface area contributed by atoms with E-state index in [1.807, 2.05) is 12.1 Å². The Morgan fingerprint density at radius 1 is 1.37 bits per heavy atom. The summed E-state index contributed by atoms with van der Waals surface area (Å²) >= 11 is 0. The van der Waals surface area contributed by atoms with E-state index in [4.69, 9.17) is 4.74 Å². The Morgan fingerprint density at radius 2 is 2.05 bits per heavy atom. The predicted molar refractivity (Wildman–Crippen MR) is 74.5 cm³/mol. The number of ketones is 1. The van der Waals surface area contributed by atoms with Crippen LogP contribution in [0.1, 0.15) is 49.4 Å². The molecule has 0 aromatic heterocycles. The van der Waals surface area contributed by atoms with E-state index in [9.17, 15) is 9.90 Å². The van der Waals surface area contributed by atoms with Gasteiger partial charge in [-0.15, -0.1) is 0 Å². The summed E-state index contributed by atoms with van der Waals surface area (Å²) in [5, 5.41) is 9.99. The first kappa shape index (κ1) is 14.1. The van der Waals surface area contributed by atoms with Crippen molar-refractivity contribution >= 4 is 5.78 Å². The highest BCUT2D eigenvalue weighted by molar-refractivity contribution is 5.96. The maximum absolute atomic E-state index is 11.4. The van der Waals surface area contributed by atoms with Gasteiger partial charge in [-0.25, -0.2) is 0 Å². The molecule has 0 radical (unpaired) electrons. The second kappa shape index (κ2) is 6.71. The summed E-state index contributed by atoms with van der Waals surface area (Å²) < 4.78 is 5.60. The van der Waals surface area contributed by atoms with Crippen LogP contribution in [0.15, 0.2) is 24.3 Å². The molecule has 1 atom stereocenters. The summed E-state index contributed by atoms with van der Waals surface area (Å²) in [6, 6.07) is 7.18. The lowest BCUT2D eigenvalue weighted by Gasteiger charge is -2.17. The molecule has 0 amide bonds. The van der Waals surface area contributed by atoms with Gasteiger partial charge in [0.25, 0.3) is 0 Å². The van der Waals surface area contributed by atoms with Crippen molar-refractivity contribution in [3.63, 3.8) is 0 Å². The van der Waals surface area contributed by atoms with Gasteiger partial charge >= 0.3 is 0 Å². The second-order valence-corrected chi connectivity index (χ2v) is 5.40. The Balaban J connectivity index is 1.85. The van der Waals surface area contributed by atoms with Gasteiger partial charge in [-0.3, -0.25) is 4.79 Å². The monoisotopic (exact) mass is 262 g/mol. The minimum atomic E-state index is -0.442. The number of aliphatic hydroxyl groups is 1. The van der Waals surface area contributed by atoms with Crippen LogP contribution in [0.25, 0.3) is 0 Å². The number of rotatable bonds is 6. The Kier molecular flexibility index (Phi) is 4.97. The summed E-state index contributed by atoms with van der Waals surface area (Å²) in [5.41, 5.74) is 0.579. The van der Waals surface area contributed by atoms with Gasteiger partial charge in [0.05, 0.1) is 11.7 Å². The Labute approximate surface area is 114 Å². The van der Waals surface area contributed by atoms with Crippen LogP contribution in [0.2, 0.25) is 0 Å². The van der Waals surface area contributed by atoms with Crippen molar-refractivity contribution in [2.75, 3.05) is 6.61 Å². The van der Waals surface area contributed by atoms with Gasteiger partial charge in [0.15, 0.2) is 5.78 Å². The molecule has 1 N–H and O–H groups in total. The summed E-state index contributed by atoms with van der Waals surface area (Å²) in [6.45, 7) is 1.79. The molecule has 1 aromatic rings. The summed E-state index contributed by atoms with van der Waals surface area (Å²) in [5.74, 6) is 1.20. The molecular formula is C16H22O3. The zero-order valence-electron chi connectivity index (χ0n) is 11.5. The number of ether oxygens (including phenoxy) is 1. The van der Waals surface area contributed by atoms with E-state index in [2.05, 4.69) is 0 Å². The maximum atomic E-state index is 11.4. The normalized spacial score (nSPS) is 17.4. The number of benzene rings is 1. The van der Waals surface area contributed by atoms with E-state index in [0.29, 0.717) is 17.2 Å². The quantitative estimate of drug-likeness (QED) is 0.801. The minimum Gasteiger partial charge on any atom is -0.490 e. The Bertz CT molecular complexity index is 422. The molecule has 1 fully saturated rings. The van der Waals surface area contributed by atoms with Crippen LogP contribution in [0, 0.1) is 5.92 Å². The maximum Gasteiger partial charge on any atom is 0.163 e. The molecule has 1 aliphatic rings. The fourth-order valence-corrected chi connectivity index (χ4v) is 2.77. The van der Waals surface area contributed by atoms with Gasteiger partial charge in [-0.05, 0) is 31.4 Å². The van der Waals surface area contributed by atoms with Gasteiger partial charge in [0, 0.05) is 0 Å². The number of Topliss-reactive ketones (excluding diaryl/α,β-unsaturated/α-hetero) is 1. The molecule has 0 aliphatic heterocycles. The molecule has 2 rings (SSSR count). The molecule has 1 aliphatic carbocycles. The SMILES string of the molecule is CC(=O)c1ccccc1OCC(O)CC1CCCC1. The zero-order chi connectivity index (χ0) is 13.7. The van der Waals surface area contributed by atoms with E-state index in [0.717, 1.165) is 6.42 Å². The van der Waals surface area contributed by atoms with Crippen LogP contribution in [0.3, 0.4) is 0 Å². The lowest BCUT2D eigenvalue weighted by Crippen LogP contribution is -2.21. The first-order chi connectivity index (χ1) is 9.16. The lowest BCUT2D eigenvalue weighted by molar-refractivity contribution is 0.0837. The van der Waals surface area contributed by atoms with E-state index in [-0.39, 0.29) is 12.4 Å². The Hall–Kier alpha value is -1.35. The molecule has 19 heavy (non-hydrogen) atoms. The molecule has 0 heterocycles. The smallest absolute Gasteiger partial charge is 0.163 e. The third kappa shape index (κ3) is 4.06. The standard InChI is InChI=1S/C16H22O3/c1-12(17)15-8-4-5-9-16(15)19-11-14(18)10-13-6-2-3-7-13/h4-5,8-9,13-14,18H,2-3,6-7,10-11H2,1H3. The molecule has 0 saturated heterocycles. The predicted octanol–water partition coefficient (Wildman–Crippen LogP) is 3.21. The molecule has 3 nitrogen and oxygen atoms in total. The fourth-order valence-electron chi connectivity index (χ4n) is 2.77. The van der Waals surface area contributed by atoms with Gasteiger partial charge < -0.3 is 9.84 Å². The van der Waals surface area contributed by atoms with Crippen LogP contribution in [-0.4, -0.2) is 23.6 Å². The highest BCUT2D eigenvalue weighted by atomic mass is 16.5. The van der Waals surface area contributed by atoms with Crippen LogP contribution in [0.5, 0.6) is 5.75 Å². The molecule has 0 spiro atoms. The van der Waals surface area contributed by atoms with Crippen molar-refractivity contribution in [3.8, 4) is 5.75 Å². The molecular weight excluding hydrogens is 240 g/mol. The highest BCUT2D eigenvalue weighted by Gasteiger charge is 2.19. The fraction of sp³-hybridized carbons (Fsp3) is 0.562. The molecule has 1 aromatic carbocycles. The first-order valence-electron chi connectivity index (χ1n) is 7.07. The minimum absolute atomic E-state index is 0.0131. The van der Waals surface area contributed by atoms with Gasteiger partial charge in [-0.1, -0.05) is 37.8 Å². The molecule has 3 heteroatoms. The van der Waals surface area contributed by atoms with Crippen LogP contribution in [-0.2, 0) is 0 Å². The van der Waals surface area contributed by atoms with Crippen molar-refractivity contribution < 1.29 is 14.6 Å². The van der Waals surface area contributed by atoms with Gasteiger partial charge in [0.1, 0.15) is 12.4 Å². The average Bonchev–Trinajstić information content (AvgIpc) is 2.89. The van der Waals surface area contributed by atoms with E-state index in [1.54, 1.807) is 12.1 Å². The number of para-hydroxylation sites is 1. The third-order valence-corrected chi connectivity index (χ3v) is 3.78. The number of hydrogen-bond acceptors (Lipinski definition) is 3. The van der Waals surface area contributed by atoms with Crippen molar-refractivity contribution in [2.24, 2.45) is 5.92 Å². The van der Waals surface area contributed by atoms with Crippen LogP contribution >= 0.6 is 0 Å². The number of aliphatic hydroxyl groups excluding tert-OH is 1. The zero-order valence-corrected chi connectivity index (χ0v) is 11.5. The van der Waals surface area contributed by atoms with Crippen LogP contribution < -0.4 is 4.74 Å². The largest absolute Gasteiger partial charge is 0.490 e. The topological polar surface area (TPSA) is 46.5 Å². The summed E-state index contributed by atoms with van der Waals surface area (Å²) in [7, 11) is 0. The summed E-state index contributed by atoms with van der Waals surface area (Å²) in [4.78, 5) is 11.4. The molecule has 1 saturated carbocycles. The Morgan fingerprint density at radius 3 is 2.74 bits per heavy atom. The first-order valence-corrected chi connectivity index (χ1v) is 7.07. The lowest BCUT2D eigenvalue weighted by atomic mass is 10.0. The van der Waals surface area contributed by atoms with Gasteiger partial charge in [0.2, 0.25) is 0 Å². The average molecular weight is 262 g/mol. The van der Waals surface area contributed by atoms with E-state index >= 15 is 0 Å². The second-order valence-electron chi connectivity index (χ2n) is 5.40. The van der Waals surface area contributed by atoms with Crippen molar-refractivity contribution in [1.82, 2.24) is 0 Å². The van der Waals surface area contributed by atoms with E-state index < -0.39 is 6.10 Å². The van der Waals surface area contributed by atoms with Crippen LogP contribution in [0.4, 0.5) is 0 Å². The van der Waals surface area contributed by atoms with Crippen molar-refractivity contribution in [1.29, 1.82) is 0 Å². The van der Waals surface area contributed by atoms with Crippen molar-refractivity contribution in [3.05, 3.63) is 29.8 Å². The van der Waals surface area contributed by atoms with Gasteiger partial charge in [-0.2, -0.15) is 0 Å². The summed E-state index contributed by atoms with van der Waals surface area (Å²) in [6.07, 6.45) is 5.38. The molecule has 1 unspecified atom stereocenters. The number of hydrogen-bond donors (Lipinski definition) is 1.